The van der Waals surface area contributed by atoms with Crippen LogP contribution in [0.1, 0.15) is 0 Å². The van der Waals surface area contributed by atoms with Gasteiger partial charge in [-0.25, -0.2) is 0 Å². The highest BCUT2D eigenvalue weighted by Crippen LogP contribution is 2.06. The Balaban J connectivity index is 2.83. The number of fused-ring (bicyclic) bond motifs is 1. The summed E-state index contributed by atoms with van der Waals surface area (Å²) in [6.45, 7) is 0. The monoisotopic (exact) mass is 159 g/mol. The third kappa shape index (κ3) is 1.17. The molecule has 0 saturated carbocycles. The number of nitrogens with zero attached hydrogens (tertiary/aromatic N) is 1. The van der Waals surface area contributed by atoms with Crippen LogP contribution in [0.15, 0.2) is 36.5 Å². The number of hydrogen-bond donors (Lipinski definition) is 0. The van der Waals surface area contributed by atoms with E-state index in [4.69, 9.17) is 0 Å². The highest BCUT2D eigenvalue weighted by Gasteiger charge is 1.90. The molecule has 0 aliphatic rings. The third-order valence-corrected chi connectivity index (χ3v) is 2.38. The van der Waals surface area contributed by atoms with Gasteiger partial charge >= 0.3 is 0 Å². The minimum atomic E-state index is 1.09. The Morgan fingerprint density at radius 3 is 3.00 bits per heavy atom. The van der Waals surface area contributed by atoms with E-state index in [-0.39, 0.29) is 0 Å². The zero-order valence-electron chi connectivity index (χ0n) is 6.41. The van der Waals surface area contributed by atoms with Crippen LogP contribution >= 0.6 is 0 Å². The lowest BCUT2D eigenvalue weighted by Gasteiger charge is -1.96. The summed E-state index contributed by atoms with van der Waals surface area (Å²) >= 11 is 0. The number of hydrogen-bond acceptors (Lipinski definition) is 1. The van der Waals surface area contributed by atoms with Gasteiger partial charge in [-0.15, -0.1) is 0 Å². The van der Waals surface area contributed by atoms with Gasteiger partial charge in [-0.3, -0.25) is 4.98 Å². The van der Waals surface area contributed by atoms with Crippen molar-refractivity contribution in [2.45, 2.75) is 0 Å². The first-order chi connectivity index (χ1) is 5.36. The van der Waals surface area contributed by atoms with Crippen molar-refractivity contribution < 1.29 is 0 Å². The van der Waals surface area contributed by atoms with Gasteiger partial charge in [0.1, 0.15) is 0 Å². The molecule has 0 unspecified atom stereocenters. The molecule has 0 fully saturated rings. The molecule has 1 nitrogen and oxygen atoms in total. The van der Waals surface area contributed by atoms with Crippen LogP contribution in [0, 0.1) is 0 Å². The molecule has 11 heavy (non-hydrogen) atoms. The quantitative estimate of drug-likeness (QED) is 0.501. The molecule has 0 atom stereocenters. The van der Waals surface area contributed by atoms with E-state index in [2.05, 4.69) is 29.2 Å². The van der Waals surface area contributed by atoms with Gasteiger partial charge in [-0.05, 0) is 17.5 Å². The summed E-state index contributed by atoms with van der Waals surface area (Å²) in [5, 5.41) is 2.67. The maximum Gasteiger partial charge on any atom is 0.0701 e. The molecule has 0 aliphatic carbocycles. The van der Waals surface area contributed by atoms with Crippen LogP contribution in [0.3, 0.4) is 0 Å². The van der Waals surface area contributed by atoms with Crippen LogP contribution in [-0.2, 0) is 0 Å². The lowest BCUT2D eigenvalue weighted by atomic mass is 10.2. The molecular formula is C9H9NSi. The van der Waals surface area contributed by atoms with Crippen LogP contribution in [0.2, 0.25) is 0 Å². The zero-order valence-corrected chi connectivity index (χ0v) is 8.41. The summed E-state index contributed by atoms with van der Waals surface area (Å²) in [5.74, 6) is 0. The topological polar surface area (TPSA) is 12.9 Å². The smallest absolute Gasteiger partial charge is 0.0701 e. The van der Waals surface area contributed by atoms with Crippen LogP contribution in [0.5, 0.6) is 0 Å². The Bertz CT molecular complexity index is 384. The van der Waals surface area contributed by atoms with Crippen LogP contribution in [0.25, 0.3) is 10.9 Å². The highest BCUT2D eigenvalue weighted by atomic mass is 28.1. The predicted molar refractivity (Wildman–Crippen MR) is 51.3 cm³/mol. The van der Waals surface area contributed by atoms with Gasteiger partial charge in [-0.2, -0.15) is 0 Å². The molecule has 0 amide bonds. The van der Waals surface area contributed by atoms with Crippen molar-refractivity contribution in [2.75, 3.05) is 0 Å². The molecule has 0 N–H and O–H groups in total. The molecule has 54 valence electrons. The molecule has 1 heterocycles. The molecule has 2 heteroatoms. The zero-order chi connectivity index (χ0) is 7.68. The Hall–Kier alpha value is -1.15. The molecular weight excluding hydrogens is 150 g/mol. The standard InChI is InChI=1S/C9H9NSi/c11-8-3-4-9-7(6-8)2-1-5-10-9/h1-6H,11H3. The number of pyridine rings is 1. The second-order valence-electron chi connectivity index (χ2n) is 2.70. The molecule has 1 aromatic heterocycles. The van der Waals surface area contributed by atoms with Gasteiger partial charge in [0.15, 0.2) is 0 Å². The Morgan fingerprint density at radius 2 is 2.09 bits per heavy atom. The van der Waals surface area contributed by atoms with Crippen molar-refractivity contribution >= 4 is 26.3 Å². The van der Waals surface area contributed by atoms with E-state index < -0.39 is 0 Å². The number of benzene rings is 1. The van der Waals surface area contributed by atoms with E-state index in [0.29, 0.717) is 0 Å². The SMILES string of the molecule is [SiH3]c1ccc2ncccc2c1. The summed E-state index contributed by atoms with van der Waals surface area (Å²) < 4.78 is 0. The minimum Gasteiger partial charge on any atom is -0.256 e. The molecule has 0 saturated heterocycles. The fourth-order valence-corrected chi connectivity index (χ4v) is 1.67. The van der Waals surface area contributed by atoms with Crippen LogP contribution in [0.4, 0.5) is 0 Å². The summed E-state index contributed by atoms with van der Waals surface area (Å²) in [7, 11) is 1.12. The van der Waals surface area contributed by atoms with Gasteiger partial charge in [0.25, 0.3) is 0 Å². The van der Waals surface area contributed by atoms with E-state index in [1.165, 1.54) is 10.6 Å². The Kier molecular flexibility index (Phi) is 1.47. The fraction of sp³-hybridized carbons (Fsp3) is 0. The lowest BCUT2D eigenvalue weighted by molar-refractivity contribution is 1.42. The summed E-state index contributed by atoms with van der Waals surface area (Å²) in [6, 6.07) is 10.5. The second-order valence-corrected chi connectivity index (χ2v) is 3.85. The van der Waals surface area contributed by atoms with Crippen molar-refractivity contribution in [1.29, 1.82) is 0 Å². The summed E-state index contributed by atoms with van der Waals surface area (Å²) in [4.78, 5) is 4.24. The molecule has 0 bridgehead atoms. The first kappa shape index (κ1) is 6.55. The van der Waals surface area contributed by atoms with E-state index >= 15 is 0 Å². The van der Waals surface area contributed by atoms with Crippen molar-refractivity contribution in [2.24, 2.45) is 0 Å². The van der Waals surface area contributed by atoms with Crippen molar-refractivity contribution in [3.05, 3.63) is 36.5 Å². The lowest BCUT2D eigenvalue weighted by Crippen LogP contribution is -1.99. The number of aromatic nitrogens is 1. The Morgan fingerprint density at radius 1 is 1.18 bits per heavy atom. The first-order valence-corrected chi connectivity index (χ1v) is 4.68. The van der Waals surface area contributed by atoms with E-state index in [9.17, 15) is 0 Å². The first-order valence-electron chi connectivity index (χ1n) is 3.68. The van der Waals surface area contributed by atoms with Crippen molar-refractivity contribution in [1.82, 2.24) is 4.98 Å². The van der Waals surface area contributed by atoms with Gasteiger partial charge in [0.05, 0.1) is 5.52 Å². The predicted octanol–water partition coefficient (Wildman–Crippen LogP) is 0.226. The fourth-order valence-electron chi connectivity index (χ4n) is 1.20. The minimum absolute atomic E-state index is 1.09. The van der Waals surface area contributed by atoms with E-state index in [1.807, 2.05) is 12.3 Å². The largest absolute Gasteiger partial charge is 0.256 e. The Labute approximate surface area is 68.5 Å². The molecule has 0 aliphatic heterocycles. The maximum atomic E-state index is 4.24. The van der Waals surface area contributed by atoms with Crippen LogP contribution < -0.4 is 5.19 Å². The molecule has 1 aromatic carbocycles. The molecule has 0 radical (unpaired) electrons. The number of rotatable bonds is 0. The third-order valence-electron chi connectivity index (χ3n) is 1.76. The molecule has 0 spiro atoms. The highest BCUT2D eigenvalue weighted by molar-refractivity contribution is 6.33. The summed E-state index contributed by atoms with van der Waals surface area (Å²) in [5.41, 5.74) is 1.09. The second kappa shape index (κ2) is 2.47. The van der Waals surface area contributed by atoms with E-state index in [0.717, 1.165) is 15.8 Å². The molecule has 2 aromatic rings. The average molecular weight is 159 g/mol. The van der Waals surface area contributed by atoms with Gasteiger partial charge in [0, 0.05) is 16.4 Å². The normalized spacial score (nSPS) is 10.5. The van der Waals surface area contributed by atoms with Crippen molar-refractivity contribution in [3.8, 4) is 0 Å². The van der Waals surface area contributed by atoms with Crippen molar-refractivity contribution in [3.63, 3.8) is 0 Å². The van der Waals surface area contributed by atoms with Gasteiger partial charge < -0.3 is 0 Å². The maximum absolute atomic E-state index is 4.24. The van der Waals surface area contributed by atoms with Gasteiger partial charge in [-0.1, -0.05) is 23.4 Å². The average Bonchev–Trinajstić information content (AvgIpc) is 2.04. The van der Waals surface area contributed by atoms with Crippen LogP contribution in [-0.4, -0.2) is 15.2 Å². The molecule has 2 rings (SSSR count). The van der Waals surface area contributed by atoms with E-state index in [1.54, 1.807) is 0 Å². The summed E-state index contributed by atoms with van der Waals surface area (Å²) in [6.07, 6.45) is 1.83. The van der Waals surface area contributed by atoms with Gasteiger partial charge in [0.2, 0.25) is 0 Å².